The van der Waals surface area contributed by atoms with Crippen molar-refractivity contribution in [3.05, 3.63) is 61.4 Å². The number of allylic oxidation sites excluding steroid dienone is 4. The molecule has 0 unspecified atom stereocenters. The predicted molar refractivity (Wildman–Crippen MR) is 53.6 cm³/mol. The van der Waals surface area contributed by atoms with Gasteiger partial charge >= 0.3 is 0 Å². The Morgan fingerprint density at radius 3 is 1.45 bits per heavy atom. The smallest absolute Gasteiger partial charge is 0 e. The van der Waals surface area contributed by atoms with Crippen LogP contribution in [0.3, 0.4) is 0 Å². The molecule has 0 bridgehead atoms. The average molecular weight is 199 g/mol. The van der Waals surface area contributed by atoms with Gasteiger partial charge < -0.3 is 37.1 Å². The van der Waals surface area contributed by atoms with Gasteiger partial charge in [0.15, 0.2) is 0 Å². The Hall–Kier alpha value is -0.0265. The van der Waals surface area contributed by atoms with Crippen LogP contribution in [-0.4, -0.2) is 0 Å². The normalized spacial score (nSPS) is 8.00. The topological polar surface area (TPSA) is 0 Å². The third-order valence-electron chi connectivity index (χ3n) is 0.586. The second-order valence-electron chi connectivity index (χ2n) is 1.00. The van der Waals surface area contributed by atoms with E-state index in [2.05, 4.69) is 12.2 Å². The van der Waals surface area contributed by atoms with Crippen LogP contribution in [0, 0.1) is 43.2 Å². The third kappa shape index (κ3) is 25.6. The van der Waals surface area contributed by atoms with Crippen molar-refractivity contribution in [2.45, 2.75) is 6.42 Å². The van der Waals surface area contributed by atoms with Crippen molar-refractivity contribution in [3.63, 3.8) is 0 Å². The minimum Gasteiger partial charge on any atom is -0.358 e. The van der Waals surface area contributed by atoms with E-state index in [1.54, 1.807) is 0 Å². The molecule has 0 heterocycles. The van der Waals surface area contributed by atoms with E-state index in [0.29, 0.717) is 0 Å². The van der Waals surface area contributed by atoms with Gasteiger partial charge in [0.1, 0.15) is 0 Å². The van der Waals surface area contributed by atoms with Gasteiger partial charge in [0.25, 0.3) is 0 Å². The van der Waals surface area contributed by atoms with Crippen LogP contribution in [0.25, 0.3) is 0 Å². The molecule has 1 aliphatic carbocycles. The van der Waals surface area contributed by atoms with Crippen LogP contribution in [0.5, 0.6) is 0 Å². The summed E-state index contributed by atoms with van der Waals surface area (Å²) < 4.78 is 0. The minimum absolute atomic E-state index is 0. The average Bonchev–Trinajstić information content (AvgIpc) is 1.76. The first-order chi connectivity index (χ1) is 2.50. The molecular weight excluding hydrogens is 179 g/mol. The molecule has 0 nitrogen and oxygen atoms in total. The zero-order chi connectivity index (χ0) is 3.54. The van der Waals surface area contributed by atoms with Crippen molar-refractivity contribution in [1.82, 2.24) is 0 Å². The summed E-state index contributed by atoms with van der Waals surface area (Å²) in [7, 11) is 0. The molecule has 0 fully saturated rings. The van der Waals surface area contributed by atoms with Crippen LogP contribution in [0.4, 0.5) is 0 Å². The van der Waals surface area contributed by atoms with Crippen LogP contribution in [0.1, 0.15) is 6.42 Å². The molecule has 1 aliphatic rings. The van der Waals surface area contributed by atoms with Crippen molar-refractivity contribution < 1.29 is 16.5 Å². The van der Waals surface area contributed by atoms with Gasteiger partial charge in [-0.05, 0) is 0 Å². The van der Waals surface area contributed by atoms with Gasteiger partial charge in [-0.25, -0.2) is 12.2 Å². The monoisotopic (exact) mass is 198 g/mol. The molecule has 0 aliphatic heterocycles. The van der Waals surface area contributed by atoms with Gasteiger partial charge in [-0.1, -0.05) is 0 Å². The third-order valence-corrected chi connectivity index (χ3v) is 0.586. The molecule has 0 amide bonds. The molecule has 0 aromatic rings. The van der Waals surface area contributed by atoms with Gasteiger partial charge in [-0.15, -0.1) is 6.42 Å². The van der Waals surface area contributed by atoms with E-state index in [4.69, 9.17) is 0 Å². The van der Waals surface area contributed by atoms with Crippen LogP contribution >= 0.6 is 0 Å². The van der Waals surface area contributed by atoms with Crippen LogP contribution in [0.15, 0.2) is 18.2 Å². The van der Waals surface area contributed by atoms with E-state index in [9.17, 15) is 0 Å². The second kappa shape index (κ2) is 32.5. The van der Waals surface area contributed by atoms with E-state index in [1.165, 1.54) is 0 Å². The first kappa shape index (κ1) is 44.1. The summed E-state index contributed by atoms with van der Waals surface area (Å²) in [5.41, 5.74) is 0. The maximum atomic E-state index is 2.99. The Morgan fingerprint density at radius 2 is 1.36 bits per heavy atom. The summed E-state index contributed by atoms with van der Waals surface area (Å²) in [6, 6.07) is 0. The van der Waals surface area contributed by atoms with Crippen LogP contribution < -0.4 is 0 Å². The molecule has 76 valence electrons. The summed E-state index contributed by atoms with van der Waals surface area (Å²) >= 11 is 0. The first-order valence-corrected chi connectivity index (χ1v) is 1.72. The van der Waals surface area contributed by atoms with Gasteiger partial charge in [0.2, 0.25) is 0 Å². The van der Waals surface area contributed by atoms with Crippen LogP contribution in [-0.2, 0) is 16.5 Å². The standard InChI is InChI=1S/C5H5.5CH3.Ni/c1-2-4-5-3-1;;;;;;/h1-3H,4H2;5*1H3;/q6*-1;. The summed E-state index contributed by atoms with van der Waals surface area (Å²) in [5.74, 6) is 0. The molecule has 0 N–H and O–H groups in total. The van der Waals surface area contributed by atoms with E-state index in [1.807, 2.05) is 12.2 Å². The summed E-state index contributed by atoms with van der Waals surface area (Å²) in [4.78, 5) is 0. The Labute approximate surface area is 84.7 Å². The molecule has 1 rings (SSSR count). The fourth-order valence-corrected chi connectivity index (χ4v) is 0.340. The minimum atomic E-state index is 0. The molecular formula is C10H20Ni-6. The Balaban J connectivity index is -0.0000000104. The van der Waals surface area contributed by atoms with Crippen molar-refractivity contribution in [2.24, 2.45) is 0 Å². The molecule has 0 aromatic heterocycles. The van der Waals surface area contributed by atoms with Gasteiger partial charge in [-0.3, -0.25) is 6.08 Å². The molecule has 0 aromatic carbocycles. The first-order valence-electron chi connectivity index (χ1n) is 1.72. The second-order valence-corrected chi connectivity index (χ2v) is 1.00. The van der Waals surface area contributed by atoms with E-state index in [0.717, 1.165) is 6.42 Å². The van der Waals surface area contributed by atoms with Crippen LogP contribution in [0.2, 0.25) is 0 Å². The maximum absolute atomic E-state index is 2.99. The van der Waals surface area contributed by atoms with E-state index >= 15 is 0 Å². The molecule has 0 saturated carbocycles. The van der Waals surface area contributed by atoms with Gasteiger partial charge in [0, 0.05) is 16.5 Å². The van der Waals surface area contributed by atoms with Crippen molar-refractivity contribution >= 4 is 0 Å². The Bertz CT molecular complexity index is 62.9. The van der Waals surface area contributed by atoms with Crippen molar-refractivity contribution in [2.75, 3.05) is 0 Å². The molecule has 0 radical (unpaired) electrons. The molecule has 0 spiro atoms. The molecule has 11 heavy (non-hydrogen) atoms. The SMILES string of the molecule is [C-]1=CC=CC1.[CH3-].[CH3-].[CH3-].[CH3-].[CH3-].[Ni]. The summed E-state index contributed by atoms with van der Waals surface area (Å²) in [5, 5.41) is 0. The zero-order valence-electron chi connectivity index (χ0n) is 8.26. The van der Waals surface area contributed by atoms with Crippen molar-refractivity contribution in [1.29, 1.82) is 0 Å². The number of hydrogen-bond donors (Lipinski definition) is 0. The maximum Gasteiger partial charge on any atom is 0 e. The predicted octanol–water partition coefficient (Wildman–Crippen LogP) is 3.55. The Kier molecular flexibility index (Phi) is 130. The van der Waals surface area contributed by atoms with E-state index < -0.39 is 0 Å². The molecule has 0 saturated heterocycles. The fourth-order valence-electron chi connectivity index (χ4n) is 0.340. The summed E-state index contributed by atoms with van der Waals surface area (Å²) in [6.07, 6.45) is 10.0. The molecule has 1 heteroatoms. The van der Waals surface area contributed by atoms with Gasteiger partial charge in [-0.2, -0.15) is 6.08 Å². The van der Waals surface area contributed by atoms with Crippen molar-refractivity contribution in [3.8, 4) is 0 Å². The summed E-state index contributed by atoms with van der Waals surface area (Å²) in [6.45, 7) is 0. The Morgan fingerprint density at radius 1 is 0.909 bits per heavy atom. The number of hydrogen-bond acceptors (Lipinski definition) is 0. The number of rotatable bonds is 0. The zero-order valence-corrected chi connectivity index (χ0v) is 9.24. The fraction of sp³-hybridized carbons (Fsp3) is 0.100. The van der Waals surface area contributed by atoms with Gasteiger partial charge in [0.05, 0.1) is 0 Å². The largest absolute Gasteiger partial charge is 0.358 e. The quantitative estimate of drug-likeness (QED) is 0.413. The van der Waals surface area contributed by atoms with E-state index in [-0.39, 0.29) is 53.6 Å². The molecule has 0 atom stereocenters.